The van der Waals surface area contributed by atoms with Crippen LogP contribution >= 0.6 is 0 Å². The molecule has 1 aliphatic carbocycles. The minimum Gasteiger partial charge on any atom is -0.373 e. The Morgan fingerprint density at radius 3 is 2.00 bits per heavy atom. The van der Waals surface area contributed by atoms with Crippen molar-refractivity contribution in [1.29, 1.82) is 0 Å². The van der Waals surface area contributed by atoms with Gasteiger partial charge in [-0.15, -0.1) is 0 Å². The highest BCUT2D eigenvalue weighted by atomic mass is 16.5. The van der Waals surface area contributed by atoms with Gasteiger partial charge in [-0.2, -0.15) is 0 Å². The molecule has 88 valence electrons. The maximum Gasteiger partial charge on any atom is 0.0602 e. The lowest BCUT2D eigenvalue weighted by molar-refractivity contribution is -0.0838. The van der Waals surface area contributed by atoms with E-state index in [1.165, 1.54) is 45.2 Å². The summed E-state index contributed by atoms with van der Waals surface area (Å²) in [7, 11) is 0. The van der Waals surface area contributed by atoms with Gasteiger partial charge < -0.3 is 9.64 Å². The molecule has 1 saturated carbocycles. The maximum absolute atomic E-state index is 6.04. The largest absolute Gasteiger partial charge is 0.373 e. The van der Waals surface area contributed by atoms with Crippen LogP contribution in [0, 0.1) is 0 Å². The minimum absolute atomic E-state index is 0.0360. The molecule has 0 atom stereocenters. The van der Waals surface area contributed by atoms with E-state index in [2.05, 4.69) is 25.7 Å². The molecule has 0 amide bonds. The molecular weight excluding hydrogens is 186 g/mol. The van der Waals surface area contributed by atoms with Crippen LogP contribution in [0.3, 0.4) is 0 Å². The topological polar surface area (TPSA) is 12.5 Å². The van der Waals surface area contributed by atoms with Crippen molar-refractivity contribution in [3.05, 3.63) is 0 Å². The Morgan fingerprint density at radius 1 is 1.00 bits per heavy atom. The van der Waals surface area contributed by atoms with Gasteiger partial charge in [0.25, 0.3) is 0 Å². The zero-order chi connectivity index (χ0) is 10.9. The molecule has 0 N–H and O–H groups in total. The standard InChI is InChI=1S/C13H25NO/c1-13(2,3)15-12-7-5-11(6-8-12)14-9-4-10-14/h11-12H,4-10H2,1-3H3. The number of hydrogen-bond acceptors (Lipinski definition) is 2. The summed E-state index contributed by atoms with van der Waals surface area (Å²) in [4.78, 5) is 2.65. The Labute approximate surface area is 94.0 Å². The molecule has 15 heavy (non-hydrogen) atoms. The lowest BCUT2D eigenvalue weighted by Gasteiger charge is -2.42. The van der Waals surface area contributed by atoms with E-state index in [9.17, 15) is 0 Å². The highest BCUT2D eigenvalue weighted by molar-refractivity contribution is 4.84. The fourth-order valence-corrected chi connectivity index (χ4v) is 2.73. The molecule has 2 nitrogen and oxygen atoms in total. The third-order valence-electron chi connectivity index (χ3n) is 3.57. The summed E-state index contributed by atoms with van der Waals surface area (Å²) in [6.45, 7) is 9.17. The van der Waals surface area contributed by atoms with Crippen molar-refractivity contribution in [2.24, 2.45) is 0 Å². The maximum atomic E-state index is 6.04. The van der Waals surface area contributed by atoms with Gasteiger partial charge in [0.1, 0.15) is 0 Å². The molecule has 2 aliphatic rings. The summed E-state index contributed by atoms with van der Waals surface area (Å²) >= 11 is 0. The first-order valence-electron chi connectivity index (χ1n) is 6.46. The van der Waals surface area contributed by atoms with Gasteiger partial charge in [-0.25, -0.2) is 0 Å². The highest BCUT2D eigenvalue weighted by Gasteiger charge is 2.30. The lowest BCUT2D eigenvalue weighted by Crippen LogP contribution is -2.47. The number of nitrogens with zero attached hydrogens (tertiary/aromatic N) is 1. The summed E-state index contributed by atoms with van der Waals surface area (Å²) in [5.74, 6) is 0. The molecule has 1 heterocycles. The molecule has 0 spiro atoms. The average molecular weight is 211 g/mol. The van der Waals surface area contributed by atoms with Crippen LogP contribution in [0.1, 0.15) is 52.9 Å². The molecule has 0 aromatic rings. The Hall–Kier alpha value is -0.0800. The van der Waals surface area contributed by atoms with E-state index in [-0.39, 0.29) is 5.60 Å². The molecule has 0 unspecified atom stereocenters. The molecule has 2 heteroatoms. The smallest absolute Gasteiger partial charge is 0.0602 e. The number of likely N-dealkylation sites (tertiary alicyclic amines) is 1. The van der Waals surface area contributed by atoms with Gasteiger partial charge in [0.05, 0.1) is 11.7 Å². The van der Waals surface area contributed by atoms with Crippen molar-refractivity contribution >= 4 is 0 Å². The summed E-state index contributed by atoms with van der Waals surface area (Å²) < 4.78 is 6.04. The van der Waals surface area contributed by atoms with Crippen molar-refractivity contribution in [2.45, 2.75) is 70.6 Å². The second-order valence-corrected chi connectivity index (χ2v) is 6.05. The minimum atomic E-state index is 0.0360. The third kappa shape index (κ3) is 3.18. The molecule has 2 rings (SSSR count). The summed E-state index contributed by atoms with van der Waals surface area (Å²) in [6, 6.07) is 0.874. The van der Waals surface area contributed by atoms with E-state index in [1.807, 2.05) is 0 Å². The van der Waals surface area contributed by atoms with E-state index in [0.717, 1.165) is 6.04 Å². The van der Waals surface area contributed by atoms with E-state index in [4.69, 9.17) is 4.74 Å². The molecule has 0 bridgehead atoms. The van der Waals surface area contributed by atoms with Crippen molar-refractivity contribution in [3.63, 3.8) is 0 Å². The van der Waals surface area contributed by atoms with E-state index in [0.29, 0.717) is 6.10 Å². The fraction of sp³-hybridized carbons (Fsp3) is 1.00. The van der Waals surface area contributed by atoms with Gasteiger partial charge in [-0.3, -0.25) is 0 Å². The second-order valence-electron chi connectivity index (χ2n) is 6.05. The monoisotopic (exact) mass is 211 g/mol. The predicted molar refractivity (Wildman–Crippen MR) is 63.1 cm³/mol. The van der Waals surface area contributed by atoms with Crippen LogP contribution in [0.5, 0.6) is 0 Å². The molecule has 0 aromatic heterocycles. The third-order valence-corrected chi connectivity index (χ3v) is 3.57. The van der Waals surface area contributed by atoms with Gasteiger partial charge in [0.15, 0.2) is 0 Å². The molecule has 1 saturated heterocycles. The Morgan fingerprint density at radius 2 is 1.60 bits per heavy atom. The van der Waals surface area contributed by atoms with Crippen molar-refractivity contribution in [2.75, 3.05) is 13.1 Å². The van der Waals surface area contributed by atoms with Gasteiger partial charge >= 0.3 is 0 Å². The number of ether oxygens (including phenoxy) is 1. The van der Waals surface area contributed by atoms with E-state index < -0.39 is 0 Å². The first kappa shape index (κ1) is 11.4. The van der Waals surface area contributed by atoms with Crippen LogP contribution in [0.15, 0.2) is 0 Å². The summed E-state index contributed by atoms with van der Waals surface area (Å²) in [6.07, 6.45) is 7.15. The van der Waals surface area contributed by atoms with E-state index >= 15 is 0 Å². The van der Waals surface area contributed by atoms with Gasteiger partial charge in [-0.05, 0) is 66.0 Å². The van der Waals surface area contributed by atoms with E-state index in [1.54, 1.807) is 0 Å². The molecule has 2 fully saturated rings. The van der Waals surface area contributed by atoms with Gasteiger partial charge in [-0.1, -0.05) is 0 Å². The van der Waals surface area contributed by atoms with Crippen molar-refractivity contribution < 1.29 is 4.74 Å². The molecular formula is C13H25NO. The zero-order valence-corrected chi connectivity index (χ0v) is 10.5. The molecule has 0 aromatic carbocycles. The van der Waals surface area contributed by atoms with Crippen LogP contribution in [0.2, 0.25) is 0 Å². The quantitative estimate of drug-likeness (QED) is 0.696. The molecule has 0 radical (unpaired) electrons. The van der Waals surface area contributed by atoms with Crippen molar-refractivity contribution in [3.8, 4) is 0 Å². The summed E-state index contributed by atoms with van der Waals surface area (Å²) in [5, 5.41) is 0. The number of hydrogen-bond donors (Lipinski definition) is 0. The van der Waals surface area contributed by atoms with Crippen LogP contribution in [0.25, 0.3) is 0 Å². The van der Waals surface area contributed by atoms with Crippen LogP contribution in [-0.4, -0.2) is 35.7 Å². The normalized spacial score (nSPS) is 33.8. The SMILES string of the molecule is CC(C)(C)OC1CCC(N2CCC2)CC1. The lowest BCUT2D eigenvalue weighted by atomic mass is 9.90. The first-order valence-corrected chi connectivity index (χ1v) is 6.46. The molecule has 1 aliphatic heterocycles. The Balaban J connectivity index is 1.72. The van der Waals surface area contributed by atoms with Crippen LogP contribution in [-0.2, 0) is 4.74 Å². The Kier molecular flexibility index (Phi) is 3.36. The van der Waals surface area contributed by atoms with Crippen molar-refractivity contribution in [1.82, 2.24) is 4.90 Å². The van der Waals surface area contributed by atoms with Crippen LogP contribution < -0.4 is 0 Å². The number of rotatable bonds is 2. The second kappa shape index (κ2) is 4.42. The Bertz CT molecular complexity index is 197. The zero-order valence-electron chi connectivity index (χ0n) is 10.5. The summed E-state index contributed by atoms with van der Waals surface area (Å²) in [5.41, 5.74) is 0.0360. The fourth-order valence-electron chi connectivity index (χ4n) is 2.73. The first-order chi connectivity index (χ1) is 7.04. The van der Waals surface area contributed by atoms with Crippen LogP contribution in [0.4, 0.5) is 0 Å². The highest BCUT2D eigenvalue weighted by Crippen LogP contribution is 2.29. The average Bonchev–Trinajstić information content (AvgIpc) is 2.02. The van der Waals surface area contributed by atoms with Gasteiger partial charge in [0, 0.05) is 6.04 Å². The van der Waals surface area contributed by atoms with Gasteiger partial charge in [0.2, 0.25) is 0 Å². The predicted octanol–water partition coefficient (Wildman–Crippen LogP) is 2.82.